The first-order valence-corrected chi connectivity index (χ1v) is 10.4. The Labute approximate surface area is 188 Å². The molecule has 0 bridgehead atoms. The van der Waals surface area contributed by atoms with Gasteiger partial charge in [-0.3, -0.25) is 9.59 Å². The minimum Gasteiger partial charge on any atom is -0.508 e. The van der Waals surface area contributed by atoms with Gasteiger partial charge in [-0.1, -0.05) is 19.1 Å². The molecule has 0 fully saturated rings. The Bertz CT molecular complexity index is 933. The number of rotatable bonds is 7. The summed E-state index contributed by atoms with van der Waals surface area (Å²) in [4.78, 5) is 26.7. The van der Waals surface area contributed by atoms with Gasteiger partial charge in [0, 0.05) is 25.5 Å². The van der Waals surface area contributed by atoms with Crippen molar-refractivity contribution in [3.63, 3.8) is 0 Å². The third kappa shape index (κ3) is 7.86. The molecule has 1 aromatic heterocycles. The fourth-order valence-electron chi connectivity index (χ4n) is 3.12. The molecule has 1 aliphatic heterocycles. The second-order valence-electron chi connectivity index (χ2n) is 7.20. The smallest absolute Gasteiger partial charge is 0.239 e. The number of hydrogen-bond acceptors (Lipinski definition) is 5. The number of carbonyl (C=O) groups is 2. The summed E-state index contributed by atoms with van der Waals surface area (Å²) in [6, 6.07) is 12.7. The number of amides is 2. The molecule has 0 atom stereocenters. The van der Waals surface area contributed by atoms with Crippen molar-refractivity contribution in [1.82, 2.24) is 15.2 Å². The average molecular weight is 442 g/mol. The third-order valence-corrected chi connectivity index (χ3v) is 4.75. The van der Waals surface area contributed by atoms with Crippen LogP contribution in [0.15, 0.2) is 48.7 Å². The van der Waals surface area contributed by atoms with E-state index in [2.05, 4.69) is 10.3 Å². The molecule has 3 N–H and O–H groups in total. The monoisotopic (exact) mass is 441 g/mol. The number of carbonyl (C=O) groups excluding carboxylic acids is 2. The van der Waals surface area contributed by atoms with Crippen LogP contribution in [0.4, 0.5) is 0 Å². The molecule has 0 radical (unpaired) electrons. The third-order valence-electron chi connectivity index (χ3n) is 4.75. The highest BCUT2D eigenvalue weighted by atomic mass is 16.7. The van der Waals surface area contributed by atoms with Crippen molar-refractivity contribution < 1.29 is 24.2 Å². The molecule has 2 aromatic rings. The Morgan fingerprint density at radius 1 is 1.22 bits per heavy atom. The number of likely N-dealkylation sites (N-methyl/N-ethyl adjacent to an activating group) is 1. The Kier molecular flexibility index (Phi) is 9.90. The number of nitrogens with zero attached hydrogens (tertiary/aromatic N) is 1. The van der Waals surface area contributed by atoms with Crippen LogP contribution in [0.2, 0.25) is 0 Å². The standard InChI is InChI=1S/C17H25N3O3.C7H6O2/c1-4-14-10-15(22)6-5-8-18-13(2)16(14)7-9-19-17(23)11-20(3)12-21;1-2-4-7-6(3-1)8-5-9-7/h5-6,8,10,12,18,22H,4,7,9,11H2,1-3H3,(H,19,23);1-4H,5H2. The molecule has 1 aliphatic rings. The molecule has 1 aromatic carbocycles. The number of benzene rings is 1. The Balaban J connectivity index is 0.000000329. The number of para-hydroxylation sites is 2. The lowest BCUT2D eigenvalue weighted by molar-refractivity contribution is -0.127. The molecule has 172 valence electrons. The summed E-state index contributed by atoms with van der Waals surface area (Å²) in [6.45, 7) is 4.86. The number of H-pyrrole nitrogens is 1. The van der Waals surface area contributed by atoms with Crippen LogP contribution in [-0.4, -0.2) is 54.2 Å². The van der Waals surface area contributed by atoms with Gasteiger partial charge >= 0.3 is 0 Å². The summed E-state index contributed by atoms with van der Waals surface area (Å²) in [5.41, 5.74) is 3.06. The van der Waals surface area contributed by atoms with Crippen molar-refractivity contribution >= 4 is 12.3 Å². The summed E-state index contributed by atoms with van der Waals surface area (Å²) >= 11 is 0. The summed E-state index contributed by atoms with van der Waals surface area (Å²) in [5, 5.41) is 12.7. The maximum Gasteiger partial charge on any atom is 0.239 e. The van der Waals surface area contributed by atoms with Crippen LogP contribution in [0.1, 0.15) is 23.7 Å². The number of aromatic amines is 1. The summed E-state index contributed by atoms with van der Waals surface area (Å²) in [7, 11) is 1.56. The largest absolute Gasteiger partial charge is 0.508 e. The maximum atomic E-state index is 11.7. The summed E-state index contributed by atoms with van der Waals surface area (Å²) in [6.07, 6.45) is 3.79. The fourth-order valence-corrected chi connectivity index (χ4v) is 3.12. The van der Waals surface area contributed by atoms with Crippen molar-refractivity contribution in [2.75, 3.05) is 26.9 Å². The zero-order valence-corrected chi connectivity index (χ0v) is 18.8. The number of aromatic hydroxyl groups is 1. The van der Waals surface area contributed by atoms with Gasteiger partial charge in [0.1, 0.15) is 5.75 Å². The molecule has 8 nitrogen and oxygen atoms in total. The molecule has 2 amide bonds. The topological polar surface area (TPSA) is 104 Å². The normalized spacial score (nSPS) is 11.0. The average Bonchev–Trinajstić information content (AvgIpc) is 3.28. The molecule has 0 saturated heterocycles. The predicted octanol–water partition coefficient (Wildman–Crippen LogP) is 2.88. The van der Waals surface area contributed by atoms with Crippen molar-refractivity contribution in [1.29, 1.82) is 0 Å². The van der Waals surface area contributed by atoms with Crippen LogP contribution in [0.3, 0.4) is 0 Å². The lowest BCUT2D eigenvalue weighted by atomic mass is 10.0. The van der Waals surface area contributed by atoms with E-state index in [9.17, 15) is 14.7 Å². The molecule has 32 heavy (non-hydrogen) atoms. The van der Waals surface area contributed by atoms with E-state index in [1.807, 2.05) is 38.1 Å². The van der Waals surface area contributed by atoms with Gasteiger partial charge in [-0.15, -0.1) is 0 Å². The fraction of sp³-hybridized carbons (Fsp3) is 0.333. The first-order valence-electron chi connectivity index (χ1n) is 10.4. The molecule has 8 heteroatoms. The van der Waals surface area contributed by atoms with Gasteiger partial charge < -0.3 is 29.8 Å². The van der Waals surface area contributed by atoms with E-state index < -0.39 is 0 Å². The van der Waals surface area contributed by atoms with Crippen LogP contribution in [0, 0.1) is 6.92 Å². The zero-order valence-electron chi connectivity index (χ0n) is 18.8. The van der Waals surface area contributed by atoms with Gasteiger partial charge in [0.2, 0.25) is 19.1 Å². The lowest BCUT2D eigenvalue weighted by Gasteiger charge is -2.12. The minimum absolute atomic E-state index is 0.0442. The first kappa shape index (κ1) is 24.6. The molecule has 0 spiro atoms. The molecular weight excluding hydrogens is 410 g/mol. The maximum absolute atomic E-state index is 11.7. The number of ether oxygens (including phenoxy) is 2. The van der Waals surface area contributed by atoms with Crippen molar-refractivity contribution in [2.24, 2.45) is 0 Å². The van der Waals surface area contributed by atoms with Gasteiger partial charge in [-0.05, 0) is 61.2 Å². The van der Waals surface area contributed by atoms with Gasteiger partial charge in [-0.2, -0.15) is 0 Å². The van der Waals surface area contributed by atoms with Gasteiger partial charge in [0.05, 0.1) is 6.54 Å². The van der Waals surface area contributed by atoms with Crippen LogP contribution in [0.25, 0.3) is 0 Å². The molecular formula is C24H31N3O5. The molecule has 2 heterocycles. The van der Waals surface area contributed by atoms with E-state index >= 15 is 0 Å². The van der Waals surface area contributed by atoms with Gasteiger partial charge in [-0.25, -0.2) is 0 Å². The van der Waals surface area contributed by atoms with Crippen LogP contribution in [0.5, 0.6) is 17.2 Å². The van der Waals surface area contributed by atoms with Crippen LogP contribution < -0.4 is 14.8 Å². The minimum atomic E-state index is -0.196. The SMILES string of the molecule is CCc1cc(O)ccc[nH]c(C)c1CCNC(=O)CN(C)C=O.c1ccc2c(c1)OCO2. The highest BCUT2D eigenvalue weighted by molar-refractivity contribution is 5.79. The molecule has 0 saturated carbocycles. The highest BCUT2D eigenvalue weighted by Crippen LogP contribution is 2.30. The van der Waals surface area contributed by atoms with Crippen LogP contribution >= 0.6 is 0 Å². The Morgan fingerprint density at radius 2 is 1.91 bits per heavy atom. The van der Waals surface area contributed by atoms with E-state index in [0.29, 0.717) is 26.2 Å². The number of hydrogen-bond donors (Lipinski definition) is 3. The first-order chi connectivity index (χ1) is 15.4. The van der Waals surface area contributed by atoms with E-state index in [4.69, 9.17) is 9.47 Å². The van der Waals surface area contributed by atoms with Crippen molar-refractivity contribution in [3.05, 3.63) is 65.5 Å². The highest BCUT2D eigenvalue weighted by Gasteiger charge is 2.09. The Morgan fingerprint density at radius 3 is 2.53 bits per heavy atom. The van der Waals surface area contributed by atoms with E-state index in [1.165, 1.54) is 4.90 Å². The molecule has 3 rings (SSSR count). The number of aryl methyl sites for hydroxylation is 2. The molecule has 0 aliphatic carbocycles. The quantitative estimate of drug-likeness (QED) is 0.573. The van der Waals surface area contributed by atoms with Crippen LogP contribution in [-0.2, 0) is 22.4 Å². The lowest BCUT2D eigenvalue weighted by Crippen LogP contribution is -2.35. The zero-order chi connectivity index (χ0) is 23.3. The molecule has 0 unspecified atom stereocenters. The van der Waals surface area contributed by atoms with E-state index in [1.54, 1.807) is 31.4 Å². The van der Waals surface area contributed by atoms with E-state index in [0.717, 1.165) is 34.7 Å². The summed E-state index contributed by atoms with van der Waals surface area (Å²) < 4.78 is 10.2. The summed E-state index contributed by atoms with van der Waals surface area (Å²) in [5.74, 6) is 1.69. The predicted molar refractivity (Wildman–Crippen MR) is 122 cm³/mol. The Hall–Kier alpha value is -3.68. The number of fused-ring (bicyclic) bond motifs is 1. The van der Waals surface area contributed by atoms with Gasteiger partial charge in [0.25, 0.3) is 0 Å². The number of aromatic nitrogens is 1. The van der Waals surface area contributed by atoms with Crippen molar-refractivity contribution in [3.8, 4) is 17.2 Å². The van der Waals surface area contributed by atoms with Gasteiger partial charge in [0.15, 0.2) is 11.5 Å². The second-order valence-corrected chi connectivity index (χ2v) is 7.20. The van der Waals surface area contributed by atoms with Crippen molar-refractivity contribution in [2.45, 2.75) is 26.7 Å². The second kappa shape index (κ2) is 12.9. The van der Waals surface area contributed by atoms with E-state index in [-0.39, 0.29) is 18.2 Å². The number of nitrogens with one attached hydrogen (secondary N) is 2.